The molecule has 3 rings (SSSR count). The number of hydrogen-bond donors (Lipinski definition) is 2. The van der Waals surface area contributed by atoms with Crippen LogP contribution in [0.3, 0.4) is 0 Å². The largest absolute Gasteiger partial charge is 0.348 e. The van der Waals surface area contributed by atoms with Crippen LogP contribution in [-0.2, 0) is 23.0 Å². The second kappa shape index (κ2) is 10.0. The van der Waals surface area contributed by atoms with Crippen molar-refractivity contribution in [3.63, 3.8) is 0 Å². The zero-order valence-electron chi connectivity index (χ0n) is 16.8. The molecule has 0 aliphatic rings. The van der Waals surface area contributed by atoms with Crippen LogP contribution in [0, 0.1) is 0 Å². The van der Waals surface area contributed by atoms with E-state index in [0.29, 0.717) is 12.2 Å². The Morgan fingerprint density at radius 2 is 1.70 bits per heavy atom. The van der Waals surface area contributed by atoms with Crippen molar-refractivity contribution in [1.29, 1.82) is 0 Å². The highest BCUT2D eigenvalue weighted by molar-refractivity contribution is 7.92. The van der Waals surface area contributed by atoms with Crippen LogP contribution < -0.4 is 10.0 Å². The average Bonchev–Trinajstić information content (AvgIpc) is 2.77. The minimum Gasteiger partial charge on any atom is -0.348 e. The maximum absolute atomic E-state index is 12.8. The topological polar surface area (TPSA) is 88.2 Å². The maximum Gasteiger partial charge on any atom is 0.261 e. The first-order valence-corrected chi connectivity index (χ1v) is 11.3. The Morgan fingerprint density at radius 3 is 2.40 bits per heavy atom. The molecule has 0 bridgehead atoms. The van der Waals surface area contributed by atoms with Gasteiger partial charge >= 0.3 is 0 Å². The number of sulfonamides is 1. The first-order chi connectivity index (χ1) is 14.5. The van der Waals surface area contributed by atoms with Crippen molar-refractivity contribution in [2.24, 2.45) is 0 Å². The molecule has 1 amide bonds. The fourth-order valence-electron chi connectivity index (χ4n) is 2.92. The second-order valence-electron chi connectivity index (χ2n) is 6.97. The van der Waals surface area contributed by atoms with Gasteiger partial charge in [-0.2, -0.15) is 0 Å². The van der Waals surface area contributed by atoms with Crippen molar-refractivity contribution in [2.45, 2.75) is 37.6 Å². The lowest BCUT2D eigenvalue weighted by Gasteiger charge is -2.10. The zero-order chi connectivity index (χ0) is 21.4. The van der Waals surface area contributed by atoms with Crippen LogP contribution >= 0.6 is 0 Å². The van der Waals surface area contributed by atoms with Gasteiger partial charge in [-0.15, -0.1) is 0 Å². The number of unbranched alkanes of at least 4 members (excludes halogenated alkanes) is 1. The van der Waals surface area contributed by atoms with Gasteiger partial charge in [-0.25, -0.2) is 8.42 Å². The summed E-state index contributed by atoms with van der Waals surface area (Å²) >= 11 is 0. The predicted octanol–water partition coefficient (Wildman–Crippen LogP) is 4.16. The van der Waals surface area contributed by atoms with E-state index < -0.39 is 10.0 Å². The monoisotopic (exact) mass is 423 g/mol. The molecule has 1 heterocycles. The Hall–Kier alpha value is -3.19. The Labute approximate surface area is 177 Å². The van der Waals surface area contributed by atoms with Gasteiger partial charge in [0.05, 0.1) is 4.90 Å². The molecule has 0 saturated carbocycles. The molecule has 2 aromatic carbocycles. The van der Waals surface area contributed by atoms with Gasteiger partial charge in [0, 0.05) is 30.2 Å². The van der Waals surface area contributed by atoms with Crippen LogP contribution in [0.1, 0.15) is 41.3 Å². The van der Waals surface area contributed by atoms with Crippen LogP contribution in [0.5, 0.6) is 0 Å². The Balaban J connectivity index is 1.68. The van der Waals surface area contributed by atoms with E-state index in [1.807, 2.05) is 12.1 Å². The lowest BCUT2D eigenvalue weighted by Crippen LogP contribution is -2.23. The van der Waals surface area contributed by atoms with E-state index in [0.717, 1.165) is 24.8 Å². The number of aromatic nitrogens is 1. The number of carbonyl (C=O) groups excluding carboxylic acids is 1. The molecule has 0 unspecified atom stereocenters. The van der Waals surface area contributed by atoms with Gasteiger partial charge in [-0.3, -0.25) is 14.5 Å². The van der Waals surface area contributed by atoms with Crippen LogP contribution in [0.15, 0.2) is 78.0 Å². The van der Waals surface area contributed by atoms with E-state index in [2.05, 4.69) is 21.9 Å². The smallest absolute Gasteiger partial charge is 0.261 e. The number of amides is 1. The Morgan fingerprint density at radius 1 is 0.967 bits per heavy atom. The summed E-state index contributed by atoms with van der Waals surface area (Å²) in [6.07, 6.45) is 6.48. The van der Waals surface area contributed by atoms with Crippen LogP contribution in [0.4, 0.5) is 5.69 Å². The Bertz CT molecular complexity index is 1080. The Kier molecular flexibility index (Phi) is 7.19. The summed E-state index contributed by atoms with van der Waals surface area (Å²) in [6.45, 7) is 2.47. The zero-order valence-corrected chi connectivity index (χ0v) is 17.7. The molecule has 7 heteroatoms. The van der Waals surface area contributed by atoms with Crippen molar-refractivity contribution in [3.05, 3.63) is 89.7 Å². The predicted molar refractivity (Wildman–Crippen MR) is 118 cm³/mol. The summed E-state index contributed by atoms with van der Waals surface area (Å²) in [5.41, 5.74) is 2.85. The number of carbonyl (C=O) groups is 1. The number of hydrogen-bond acceptors (Lipinski definition) is 4. The normalized spacial score (nSPS) is 11.1. The van der Waals surface area contributed by atoms with E-state index in [-0.39, 0.29) is 16.4 Å². The maximum atomic E-state index is 12.8. The number of rotatable bonds is 9. The molecule has 0 spiro atoms. The summed E-state index contributed by atoms with van der Waals surface area (Å²) in [5, 5.41) is 2.78. The van der Waals surface area contributed by atoms with Crippen molar-refractivity contribution < 1.29 is 13.2 Å². The average molecular weight is 424 g/mol. The molecule has 0 aliphatic carbocycles. The summed E-state index contributed by atoms with van der Waals surface area (Å²) < 4.78 is 28.1. The molecule has 6 nitrogen and oxygen atoms in total. The molecule has 2 N–H and O–H groups in total. The van der Waals surface area contributed by atoms with Crippen molar-refractivity contribution in [3.8, 4) is 0 Å². The third kappa shape index (κ3) is 5.90. The number of anilines is 1. The van der Waals surface area contributed by atoms with E-state index in [9.17, 15) is 13.2 Å². The van der Waals surface area contributed by atoms with E-state index in [1.54, 1.807) is 48.8 Å². The quantitative estimate of drug-likeness (QED) is 0.541. The van der Waals surface area contributed by atoms with Gasteiger partial charge in [0.2, 0.25) is 0 Å². The number of benzene rings is 2. The van der Waals surface area contributed by atoms with Gasteiger partial charge in [-0.1, -0.05) is 31.5 Å². The molecule has 0 saturated heterocycles. The first-order valence-electron chi connectivity index (χ1n) is 9.87. The third-order valence-corrected chi connectivity index (χ3v) is 6.01. The first kappa shape index (κ1) is 21.5. The fourth-order valence-corrected chi connectivity index (χ4v) is 4.03. The molecule has 156 valence electrons. The van der Waals surface area contributed by atoms with Gasteiger partial charge < -0.3 is 5.32 Å². The minimum absolute atomic E-state index is 0.0362. The van der Waals surface area contributed by atoms with Gasteiger partial charge in [0.1, 0.15) is 0 Å². The molecule has 3 aromatic rings. The summed E-state index contributed by atoms with van der Waals surface area (Å²) in [4.78, 5) is 16.4. The molecule has 0 aliphatic heterocycles. The molecule has 1 aromatic heterocycles. The number of pyridine rings is 1. The standard InChI is InChI=1S/C23H25N3O3S/c1-2-3-5-18-8-10-21(11-9-18)26-30(28,29)22-7-4-6-20(16-22)23(27)25-17-19-12-14-24-15-13-19/h4,6-16,26H,2-3,5,17H2,1H3,(H,25,27). The van der Waals surface area contributed by atoms with Gasteiger partial charge in [-0.05, 0) is 66.4 Å². The summed E-state index contributed by atoms with van der Waals surface area (Å²) in [6, 6.07) is 17.0. The molecule has 0 atom stereocenters. The van der Waals surface area contributed by atoms with E-state index in [1.165, 1.54) is 17.7 Å². The SMILES string of the molecule is CCCCc1ccc(NS(=O)(=O)c2cccc(C(=O)NCc3ccncc3)c2)cc1. The van der Waals surface area contributed by atoms with Gasteiger partial charge in [0.25, 0.3) is 15.9 Å². The van der Waals surface area contributed by atoms with E-state index >= 15 is 0 Å². The number of nitrogens with zero attached hydrogens (tertiary/aromatic N) is 1. The highest BCUT2D eigenvalue weighted by atomic mass is 32.2. The van der Waals surface area contributed by atoms with Crippen molar-refractivity contribution in [2.75, 3.05) is 4.72 Å². The third-order valence-electron chi connectivity index (χ3n) is 4.63. The minimum atomic E-state index is -3.80. The number of nitrogens with one attached hydrogen (secondary N) is 2. The van der Waals surface area contributed by atoms with Crippen LogP contribution in [-0.4, -0.2) is 19.3 Å². The lowest BCUT2D eigenvalue weighted by atomic mass is 10.1. The molecule has 30 heavy (non-hydrogen) atoms. The van der Waals surface area contributed by atoms with Crippen LogP contribution in [0.2, 0.25) is 0 Å². The summed E-state index contributed by atoms with van der Waals surface area (Å²) in [5.74, 6) is -0.343. The highest BCUT2D eigenvalue weighted by Crippen LogP contribution is 2.18. The second-order valence-corrected chi connectivity index (χ2v) is 8.65. The molecule has 0 radical (unpaired) electrons. The lowest BCUT2D eigenvalue weighted by molar-refractivity contribution is 0.0950. The van der Waals surface area contributed by atoms with Gasteiger partial charge in [0.15, 0.2) is 0 Å². The molecule has 0 fully saturated rings. The van der Waals surface area contributed by atoms with Crippen molar-refractivity contribution in [1.82, 2.24) is 10.3 Å². The van der Waals surface area contributed by atoms with Crippen LogP contribution in [0.25, 0.3) is 0 Å². The highest BCUT2D eigenvalue weighted by Gasteiger charge is 2.16. The number of aryl methyl sites for hydroxylation is 1. The van der Waals surface area contributed by atoms with E-state index in [4.69, 9.17) is 0 Å². The molecular weight excluding hydrogens is 398 g/mol. The van der Waals surface area contributed by atoms with Crippen molar-refractivity contribution >= 4 is 21.6 Å². The fraction of sp³-hybridized carbons (Fsp3) is 0.217. The summed E-state index contributed by atoms with van der Waals surface area (Å²) in [7, 11) is -3.80. The molecular formula is C23H25N3O3S.